The molecule has 1 aromatic rings. The minimum absolute atomic E-state index is 0.131. The second kappa shape index (κ2) is 5.49. The van der Waals surface area contributed by atoms with Crippen molar-refractivity contribution in [2.24, 2.45) is 0 Å². The Morgan fingerprint density at radius 1 is 1.33 bits per heavy atom. The number of carbonyl (C=O) groups is 2. The molecule has 1 heterocycles. The van der Waals surface area contributed by atoms with E-state index in [1.807, 2.05) is 24.3 Å². The molecule has 1 fully saturated rings. The van der Waals surface area contributed by atoms with Gasteiger partial charge in [0, 0.05) is 31.8 Å². The number of carbonyl (C=O) groups excluding carboxylic acids is 2. The zero-order valence-corrected chi connectivity index (χ0v) is 10.3. The Morgan fingerprint density at radius 3 is 2.61 bits per heavy atom. The van der Waals surface area contributed by atoms with Gasteiger partial charge in [-0.05, 0) is 30.2 Å². The molecule has 1 aromatic carbocycles. The molecule has 18 heavy (non-hydrogen) atoms. The Bertz CT molecular complexity index is 477. The van der Waals surface area contributed by atoms with Gasteiger partial charge in [-0.1, -0.05) is 12.1 Å². The van der Waals surface area contributed by atoms with Crippen molar-refractivity contribution in [1.82, 2.24) is 5.32 Å². The average molecular weight is 244 g/mol. The highest BCUT2D eigenvalue weighted by Crippen LogP contribution is 2.21. The van der Waals surface area contributed by atoms with E-state index in [1.165, 1.54) is 6.08 Å². The maximum Gasteiger partial charge on any atom is 0.243 e. The smallest absolute Gasteiger partial charge is 0.243 e. The summed E-state index contributed by atoms with van der Waals surface area (Å²) in [6.45, 7) is 0.798. The van der Waals surface area contributed by atoms with Crippen LogP contribution >= 0.6 is 0 Å². The van der Waals surface area contributed by atoms with Crippen molar-refractivity contribution >= 4 is 23.6 Å². The quantitative estimate of drug-likeness (QED) is 0.820. The van der Waals surface area contributed by atoms with E-state index in [0.717, 1.165) is 24.2 Å². The molecule has 0 aliphatic carbocycles. The highest BCUT2D eigenvalue weighted by Gasteiger charge is 2.21. The number of nitrogens with one attached hydrogen (secondary N) is 1. The minimum Gasteiger partial charge on any atom is -0.356 e. The summed E-state index contributed by atoms with van der Waals surface area (Å²) in [6, 6.07) is 7.63. The standard InChI is InChI=1S/C14H16N2O2/c1-15-13(17)9-6-11-4-7-12(8-5-11)16-10-2-3-14(16)18/h4-9H,2-3,10H2,1H3,(H,15,17)/b9-6+. The van der Waals surface area contributed by atoms with Crippen LogP contribution in [-0.2, 0) is 9.59 Å². The highest BCUT2D eigenvalue weighted by molar-refractivity contribution is 5.95. The first-order valence-electron chi connectivity index (χ1n) is 6.01. The molecule has 4 nitrogen and oxygen atoms in total. The largest absolute Gasteiger partial charge is 0.356 e. The van der Waals surface area contributed by atoms with E-state index < -0.39 is 0 Å². The topological polar surface area (TPSA) is 49.4 Å². The van der Waals surface area contributed by atoms with Gasteiger partial charge in [0.1, 0.15) is 0 Å². The van der Waals surface area contributed by atoms with Crippen molar-refractivity contribution in [3.05, 3.63) is 35.9 Å². The van der Waals surface area contributed by atoms with Crippen LogP contribution in [0.5, 0.6) is 0 Å². The highest BCUT2D eigenvalue weighted by atomic mass is 16.2. The average Bonchev–Trinajstić information content (AvgIpc) is 2.83. The Hall–Kier alpha value is -2.10. The van der Waals surface area contributed by atoms with E-state index in [2.05, 4.69) is 5.32 Å². The molecule has 2 rings (SSSR count). The predicted octanol–water partition coefficient (Wildman–Crippen LogP) is 1.57. The van der Waals surface area contributed by atoms with Crippen LogP contribution in [0.1, 0.15) is 18.4 Å². The molecule has 0 atom stereocenters. The van der Waals surface area contributed by atoms with Crippen molar-refractivity contribution in [2.45, 2.75) is 12.8 Å². The molecule has 0 unspecified atom stereocenters. The lowest BCUT2D eigenvalue weighted by molar-refractivity contribution is -0.117. The number of nitrogens with zero attached hydrogens (tertiary/aromatic N) is 1. The Balaban J connectivity index is 2.08. The van der Waals surface area contributed by atoms with Crippen LogP contribution in [0.15, 0.2) is 30.3 Å². The third-order valence-corrected chi connectivity index (χ3v) is 2.95. The maximum atomic E-state index is 11.6. The van der Waals surface area contributed by atoms with Gasteiger partial charge in [0.2, 0.25) is 11.8 Å². The Kier molecular flexibility index (Phi) is 3.77. The van der Waals surface area contributed by atoms with E-state index in [9.17, 15) is 9.59 Å². The molecule has 4 heteroatoms. The van der Waals surface area contributed by atoms with Gasteiger partial charge >= 0.3 is 0 Å². The van der Waals surface area contributed by atoms with Crippen molar-refractivity contribution in [1.29, 1.82) is 0 Å². The summed E-state index contributed by atoms with van der Waals surface area (Å²) < 4.78 is 0. The minimum atomic E-state index is -0.131. The molecule has 0 aromatic heterocycles. The van der Waals surface area contributed by atoms with E-state index in [1.54, 1.807) is 18.0 Å². The summed E-state index contributed by atoms with van der Waals surface area (Å²) >= 11 is 0. The summed E-state index contributed by atoms with van der Waals surface area (Å²) in [5, 5.41) is 2.52. The molecular formula is C14H16N2O2. The number of amides is 2. The normalized spacial score (nSPS) is 15.4. The third kappa shape index (κ3) is 2.77. The van der Waals surface area contributed by atoms with E-state index >= 15 is 0 Å². The second-order valence-electron chi connectivity index (χ2n) is 4.19. The molecular weight excluding hydrogens is 228 g/mol. The van der Waals surface area contributed by atoms with E-state index in [4.69, 9.17) is 0 Å². The lowest BCUT2D eigenvalue weighted by Gasteiger charge is -2.15. The van der Waals surface area contributed by atoms with Gasteiger partial charge in [0.05, 0.1) is 0 Å². The van der Waals surface area contributed by atoms with Crippen LogP contribution in [0.4, 0.5) is 5.69 Å². The first kappa shape index (κ1) is 12.4. The zero-order chi connectivity index (χ0) is 13.0. The Labute approximate surface area is 106 Å². The lowest BCUT2D eigenvalue weighted by Crippen LogP contribution is -2.23. The van der Waals surface area contributed by atoms with Crippen LogP contribution < -0.4 is 10.2 Å². The van der Waals surface area contributed by atoms with Crippen LogP contribution in [0.3, 0.4) is 0 Å². The van der Waals surface area contributed by atoms with Crippen molar-refractivity contribution in [3.63, 3.8) is 0 Å². The number of rotatable bonds is 3. The molecule has 0 saturated carbocycles. The van der Waals surface area contributed by atoms with Gasteiger partial charge in [-0.15, -0.1) is 0 Å². The van der Waals surface area contributed by atoms with Gasteiger partial charge in [-0.2, -0.15) is 0 Å². The van der Waals surface area contributed by atoms with Crippen LogP contribution in [0.25, 0.3) is 6.08 Å². The van der Waals surface area contributed by atoms with Crippen LogP contribution in [0, 0.1) is 0 Å². The monoisotopic (exact) mass is 244 g/mol. The lowest BCUT2D eigenvalue weighted by atomic mass is 10.2. The third-order valence-electron chi connectivity index (χ3n) is 2.95. The number of likely N-dealkylation sites (N-methyl/N-ethyl adjacent to an activating group) is 1. The van der Waals surface area contributed by atoms with E-state index in [0.29, 0.717) is 6.42 Å². The summed E-state index contributed by atoms with van der Waals surface area (Å²) in [4.78, 5) is 24.4. The van der Waals surface area contributed by atoms with E-state index in [-0.39, 0.29) is 11.8 Å². The molecule has 2 amide bonds. The molecule has 94 valence electrons. The first-order valence-corrected chi connectivity index (χ1v) is 6.01. The fourth-order valence-electron chi connectivity index (χ4n) is 1.94. The predicted molar refractivity (Wildman–Crippen MR) is 71.1 cm³/mol. The van der Waals surface area contributed by atoms with Gasteiger partial charge in [-0.3, -0.25) is 9.59 Å². The molecule has 1 aliphatic rings. The number of hydrogen-bond donors (Lipinski definition) is 1. The summed E-state index contributed by atoms with van der Waals surface area (Å²) in [5.41, 5.74) is 1.86. The number of hydrogen-bond acceptors (Lipinski definition) is 2. The molecule has 1 saturated heterocycles. The van der Waals surface area contributed by atoms with Crippen molar-refractivity contribution in [3.8, 4) is 0 Å². The number of benzene rings is 1. The number of anilines is 1. The molecule has 0 radical (unpaired) electrons. The molecule has 1 N–H and O–H groups in total. The molecule has 1 aliphatic heterocycles. The van der Waals surface area contributed by atoms with Gasteiger partial charge < -0.3 is 10.2 Å². The van der Waals surface area contributed by atoms with Crippen molar-refractivity contribution in [2.75, 3.05) is 18.5 Å². The van der Waals surface area contributed by atoms with Crippen LogP contribution in [0.2, 0.25) is 0 Å². The maximum absolute atomic E-state index is 11.6. The summed E-state index contributed by atoms with van der Waals surface area (Å²) in [5.74, 6) is 0.0532. The SMILES string of the molecule is CNC(=O)/C=C/c1ccc(N2CCCC2=O)cc1. The first-order chi connectivity index (χ1) is 8.70. The van der Waals surface area contributed by atoms with Gasteiger partial charge in [-0.25, -0.2) is 0 Å². The fraction of sp³-hybridized carbons (Fsp3) is 0.286. The molecule has 0 spiro atoms. The molecule has 0 bridgehead atoms. The zero-order valence-electron chi connectivity index (χ0n) is 10.3. The summed E-state index contributed by atoms with van der Waals surface area (Å²) in [7, 11) is 1.59. The Morgan fingerprint density at radius 2 is 2.06 bits per heavy atom. The van der Waals surface area contributed by atoms with Gasteiger partial charge in [0.25, 0.3) is 0 Å². The second-order valence-corrected chi connectivity index (χ2v) is 4.19. The summed E-state index contributed by atoms with van der Waals surface area (Å²) in [6.07, 6.45) is 4.79. The van der Waals surface area contributed by atoms with Gasteiger partial charge in [0.15, 0.2) is 0 Å². The van der Waals surface area contributed by atoms with Crippen molar-refractivity contribution < 1.29 is 9.59 Å². The fourth-order valence-corrected chi connectivity index (χ4v) is 1.94. The van der Waals surface area contributed by atoms with Crippen LogP contribution in [-0.4, -0.2) is 25.4 Å².